The number of ether oxygens (including phenoxy) is 2. The molecular formula is C32H25F3N2O5. The number of aryl methyl sites for hydroxylation is 1. The summed E-state index contributed by atoms with van der Waals surface area (Å²) in [5, 5.41) is 11.3. The number of hydrogen-bond acceptors (Lipinski definition) is 7. The zero-order chi connectivity index (χ0) is 30.0. The van der Waals surface area contributed by atoms with E-state index in [1.807, 2.05) is 30.3 Å². The molecule has 0 radical (unpaired) electrons. The van der Waals surface area contributed by atoms with Gasteiger partial charge in [0.15, 0.2) is 11.5 Å². The number of aromatic hydroxyl groups is 1. The molecule has 0 spiro atoms. The lowest BCUT2D eigenvalue weighted by atomic mass is 9.95. The summed E-state index contributed by atoms with van der Waals surface area (Å²) in [6.45, 7) is 3.24. The van der Waals surface area contributed by atoms with Crippen LogP contribution in [0.3, 0.4) is 0 Å². The molecule has 214 valence electrons. The van der Waals surface area contributed by atoms with Gasteiger partial charge in [-0.1, -0.05) is 60.7 Å². The van der Waals surface area contributed by atoms with Crippen LogP contribution in [0.15, 0.2) is 83.3 Å². The van der Waals surface area contributed by atoms with E-state index in [1.54, 1.807) is 43.3 Å². The van der Waals surface area contributed by atoms with Crippen molar-refractivity contribution < 1.29 is 37.0 Å². The van der Waals surface area contributed by atoms with Gasteiger partial charge in [-0.3, -0.25) is 0 Å². The minimum atomic E-state index is -4.94. The van der Waals surface area contributed by atoms with Gasteiger partial charge in [-0.2, -0.15) is 13.2 Å². The van der Waals surface area contributed by atoms with Gasteiger partial charge in [0, 0.05) is 27.8 Å². The van der Waals surface area contributed by atoms with Crippen molar-refractivity contribution in [2.24, 2.45) is 0 Å². The molecule has 10 heteroatoms. The molecule has 0 aliphatic rings. The fourth-order valence-corrected chi connectivity index (χ4v) is 4.53. The third kappa shape index (κ3) is 5.56. The first-order chi connectivity index (χ1) is 20.1. The minimum Gasteiger partial charge on any atom is -0.507 e. The molecule has 0 saturated carbocycles. The van der Waals surface area contributed by atoms with E-state index in [4.69, 9.17) is 13.9 Å². The maximum absolute atomic E-state index is 14.7. The number of carbonyl (C=O) groups excluding carboxylic acids is 1. The van der Waals surface area contributed by atoms with E-state index >= 15 is 0 Å². The second kappa shape index (κ2) is 11.4. The maximum Gasteiger partial charge on any atom is 0.434 e. The minimum absolute atomic E-state index is 0.0113. The molecule has 5 rings (SSSR count). The number of benzene rings is 3. The molecule has 7 nitrogen and oxygen atoms in total. The summed E-state index contributed by atoms with van der Waals surface area (Å²) < 4.78 is 60.2. The van der Waals surface area contributed by atoms with Gasteiger partial charge < -0.3 is 19.0 Å². The number of phenols is 1. The molecule has 0 amide bonds. The normalized spacial score (nSPS) is 11.4. The Hall–Kier alpha value is -5.12. The van der Waals surface area contributed by atoms with Crippen molar-refractivity contribution in [3.05, 3.63) is 107 Å². The molecule has 42 heavy (non-hydrogen) atoms. The van der Waals surface area contributed by atoms with Crippen molar-refractivity contribution in [3.63, 3.8) is 0 Å². The van der Waals surface area contributed by atoms with Crippen LogP contribution in [0.2, 0.25) is 0 Å². The number of hydrogen-bond donors (Lipinski definition) is 1. The SMILES string of the molecule is COC(=O)c1cc(-c2c(-c3ccc(OCc4ccccc4)c(C)c3O)nc(-c3ccccc3)nc2C(F)(F)F)c(C)o1. The molecule has 3 aromatic carbocycles. The molecule has 2 aromatic heterocycles. The number of carbonyl (C=O) groups is 1. The van der Waals surface area contributed by atoms with Gasteiger partial charge in [-0.05, 0) is 37.6 Å². The Morgan fingerprint density at radius 3 is 2.24 bits per heavy atom. The van der Waals surface area contributed by atoms with Gasteiger partial charge in [-0.25, -0.2) is 14.8 Å². The van der Waals surface area contributed by atoms with Crippen LogP contribution in [0.5, 0.6) is 11.5 Å². The number of esters is 1. The summed E-state index contributed by atoms with van der Waals surface area (Å²) in [5.41, 5.74) is -0.418. The highest BCUT2D eigenvalue weighted by molar-refractivity contribution is 5.92. The van der Waals surface area contributed by atoms with E-state index in [9.17, 15) is 23.1 Å². The molecule has 2 heterocycles. The van der Waals surface area contributed by atoms with Gasteiger partial charge in [-0.15, -0.1) is 0 Å². The Balaban J connectivity index is 1.74. The van der Waals surface area contributed by atoms with Crippen LogP contribution in [0.4, 0.5) is 13.2 Å². The average molecular weight is 575 g/mol. The Morgan fingerprint density at radius 2 is 1.60 bits per heavy atom. The predicted octanol–water partition coefficient (Wildman–Crippen LogP) is 7.78. The molecule has 1 N–H and O–H groups in total. The van der Waals surface area contributed by atoms with E-state index in [0.717, 1.165) is 18.7 Å². The molecule has 0 saturated heterocycles. The van der Waals surface area contributed by atoms with Crippen molar-refractivity contribution in [2.75, 3.05) is 7.11 Å². The van der Waals surface area contributed by atoms with Crippen molar-refractivity contribution in [1.82, 2.24) is 9.97 Å². The fraction of sp³-hybridized carbons (Fsp3) is 0.156. The molecular weight excluding hydrogens is 549 g/mol. The number of nitrogens with zero attached hydrogens (tertiary/aromatic N) is 2. The lowest BCUT2D eigenvalue weighted by Crippen LogP contribution is -2.14. The lowest BCUT2D eigenvalue weighted by Gasteiger charge is -2.19. The van der Waals surface area contributed by atoms with Crippen molar-refractivity contribution >= 4 is 5.97 Å². The number of alkyl halides is 3. The first kappa shape index (κ1) is 28.4. The van der Waals surface area contributed by atoms with Gasteiger partial charge in [0.1, 0.15) is 23.9 Å². The topological polar surface area (TPSA) is 94.7 Å². The van der Waals surface area contributed by atoms with E-state index in [1.165, 1.54) is 13.0 Å². The molecule has 0 aliphatic heterocycles. The zero-order valence-electron chi connectivity index (χ0n) is 22.8. The lowest BCUT2D eigenvalue weighted by molar-refractivity contribution is -0.140. The average Bonchev–Trinajstić information content (AvgIpc) is 3.38. The summed E-state index contributed by atoms with van der Waals surface area (Å²) >= 11 is 0. The number of halogens is 3. The number of rotatable bonds is 7. The van der Waals surface area contributed by atoms with Crippen LogP contribution in [0.25, 0.3) is 33.8 Å². The van der Waals surface area contributed by atoms with Gasteiger partial charge in [0.2, 0.25) is 5.76 Å². The van der Waals surface area contributed by atoms with Crippen molar-refractivity contribution in [1.29, 1.82) is 0 Å². The van der Waals surface area contributed by atoms with E-state index in [2.05, 4.69) is 9.97 Å². The van der Waals surface area contributed by atoms with Crippen molar-refractivity contribution in [3.8, 4) is 45.3 Å². The number of phenolic OH excluding ortho intramolecular Hbond substituents is 1. The van der Waals surface area contributed by atoms with E-state index in [-0.39, 0.29) is 46.5 Å². The van der Waals surface area contributed by atoms with Crippen LogP contribution < -0.4 is 4.74 Å². The third-order valence-electron chi connectivity index (χ3n) is 6.66. The van der Waals surface area contributed by atoms with Gasteiger partial charge >= 0.3 is 12.1 Å². The van der Waals surface area contributed by atoms with E-state index < -0.39 is 23.4 Å². The summed E-state index contributed by atoms with van der Waals surface area (Å²) in [4.78, 5) is 20.6. The van der Waals surface area contributed by atoms with Crippen molar-refractivity contribution in [2.45, 2.75) is 26.6 Å². The van der Waals surface area contributed by atoms with Crippen LogP contribution in [-0.2, 0) is 17.5 Å². The standard InChI is InChI=1S/C32H25F3N2O5/c1-18-24(41-17-20-10-6-4-7-11-20)15-14-22(28(18)38)27-26(23-16-25(31(39)40-3)42-19(23)2)29(32(33,34)35)37-30(36-27)21-12-8-5-9-13-21/h4-16,38H,17H2,1-3H3. The molecule has 5 aromatic rings. The number of furan rings is 1. The maximum atomic E-state index is 14.7. The highest BCUT2D eigenvalue weighted by Gasteiger charge is 2.40. The predicted molar refractivity (Wildman–Crippen MR) is 149 cm³/mol. The summed E-state index contributed by atoms with van der Waals surface area (Å²) in [6, 6.07) is 21.8. The third-order valence-corrected chi connectivity index (χ3v) is 6.66. The van der Waals surface area contributed by atoms with Crippen LogP contribution in [-0.4, -0.2) is 28.2 Å². The van der Waals surface area contributed by atoms with Gasteiger partial charge in [0.25, 0.3) is 0 Å². The second-order valence-corrected chi connectivity index (χ2v) is 9.41. The molecule has 0 bridgehead atoms. The summed E-state index contributed by atoms with van der Waals surface area (Å²) in [5.74, 6) is -1.31. The van der Waals surface area contributed by atoms with Crippen LogP contribution in [0, 0.1) is 13.8 Å². The summed E-state index contributed by atoms with van der Waals surface area (Å²) in [6.07, 6.45) is -4.94. The quantitative estimate of drug-likeness (QED) is 0.198. The first-order valence-corrected chi connectivity index (χ1v) is 12.8. The molecule has 0 unspecified atom stereocenters. The van der Waals surface area contributed by atoms with E-state index in [0.29, 0.717) is 16.9 Å². The first-order valence-electron chi connectivity index (χ1n) is 12.8. The smallest absolute Gasteiger partial charge is 0.434 e. The monoisotopic (exact) mass is 574 g/mol. The van der Waals surface area contributed by atoms with Gasteiger partial charge in [0.05, 0.1) is 12.8 Å². The Morgan fingerprint density at radius 1 is 0.929 bits per heavy atom. The molecule has 0 fully saturated rings. The number of aromatic nitrogens is 2. The Labute approximate surface area is 239 Å². The second-order valence-electron chi connectivity index (χ2n) is 9.41. The van der Waals surface area contributed by atoms with Crippen LogP contribution in [0.1, 0.15) is 33.1 Å². The highest BCUT2D eigenvalue weighted by atomic mass is 19.4. The fourth-order valence-electron chi connectivity index (χ4n) is 4.53. The number of methoxy groups -OCH3 is 1. The Bertz CT molecular complexity index is 1750. The largest absolute Gasteiger partial charge is 0.507 e. The highest BCUT2D eigenvalue weighted by Crippen LogP contribution is 2.47. The summed E-state index contributed by atoms with van der Waals surface area (Å²) in [7, 11) is 1.13. The zero-order valence-corrected chi connectivity index (χ0v) is 22.8. The van der Waals surface area contributed by atoms with Crippen LogP contribution >= 0.6 is 0 Å². The molecule has 0 aliphatic carbocycles. The Kier molecular flexibility index (Phi) is 7.71. The molecule has 0 atom stereocenters.